The van der Waals surface area contributed by atoms with E-state index >= 15 is 0 Å². The van der Waals surface area contributed by atoms with E-state index in [1.54, 1.807) is 13.8 Å². The molecule has 2 rings (SSSR count). The Balaban J connectivity index is 1.94. The SMILES string of the molecule is CC(C)(C)OC(=O)C(C)(C)C(=O)CCCCCCC(C)(C)[Si](O)(c1ccccc1)c1ccccc1. The largest absolute Gasteiger partial charge is 0.459 e. The molecule has 0 atom stereocenters. The van der Waals surface area contributed by atoms with Gasteiger partial charge in [0.1, 0.15) is 16.8 Å². The van der Waals surface area contributed by atoms with Crippen LogP contribution in [0.4, 0.5) is 0 Å². The Bertz CT molecular complexity index is 919. The zero-order chi connectivity index (χ0) is 26.3. The molecule has 0 spiro atoms. The summed E-state index contributed by atoms with van der Waals surface area (Å²) >= 11 is 0. The van der Waals surface area contributed by atoms with Crippen molar-refractivity contribution < 1.29 is 19.1 Å². The number of benzene rings is 2. The van der Waals surface area contributed by atoms with Gasteiger partial charge in [-0.1, -0.05) is 93.8 Å². The minimum Gasteiger partial charge on any atom is -0.459 e. The summed E-state index contributed by atoms with van der Waals surface area (Å²) in [6.45, 7) is 13.1. The topological polar surface area (TPSA) is 63.6 Å². The Morgan fingerprint density at radius 3 is 1.66 bits per heavy atom. The molecule has 2 aromatic rings. The highest BCUT2D eigenvalue weighted by Crippen LogP contribution is 2.40. The van der Waals surface area contributed by atoms with Crippen LogP contribution in [0.3, 0.4) is 0 Å². The lowest BCUT2D eigenvalue weighted by Gasteiger charge is -2.41. The number of carbonyl (C=O) groups is 2. The summed E-state index contributed by atoms with van der Waals surface area (Å²) in [5.41, 5.74) is -1.73. The molecule has 35 heavy (non-hydrogen) atoms. The third-order valence-corrected chi connectivity index (χ3v) is 11.5. The van der Waals surface area contributed by atoms with Crippen molar-refractivity contribution in [2.45, 2.75) is 97.6 Å². The fourth-order valence-corrected chi connectivity index (χ4v) is 8.31. The summed E-state index contributed by atoms with van der Waals surface area (Å²) in [7, 11) is -2.98. The summed E-state index contributed by atoms with van der Waals surface area (Å²) in [6.07, 6.45) is 4.91. The van der Waals surface area contributed by atoms with Crippen LogP contribution in [0.2, 0.25) is 5.04 Å². The highest BCUT2D eigenvalue weighted by molar-refractivity contribution is 6.98. The van der Waals surface area contributed by atoms with Gasteiger partial charge in [0.25, 0.3) is 8.32 Å². The van der Waals surface area contributed by atoms with E-state index in [4.69, 9.17) is 4.74 Å². The Labute approximate surface area is 213 Å². The maximum Gasteiger partial charge on any atom is 0.319 e. The minimum atomic E-state index is -2.98. The molecule has 4 nitrogen and oxygen atoms in total. The van der Waals surface area contributed by atoms with Crippen molar-refractivity contribution in [2.75, 3.05) is 0 Å². The lowest BCUT2D eigenvalue weighted by atomic mass is 9.85. The third-order valence-electron chi connectivity index (χ3n) is 6.92. The van der Waals surface area contributed by atoms with Crippen LogP contribution in [0.5, 0.6) is 0 Å². The van der Waals surface area contributed by atoms with Gasteiger partial charge >= 0.3 is 5.97 Å². The minimum absolute atomic E-state index is 0.0676. The Morgan fingerprint density at radius 2 is 1.20 bits per heavy atom. The van der Waals surface area contributed by atoms with E-state index in [1.165, 1.54) is 0 Å². The molecule has 0 saturated heterocycles. The first-order valence-electron chi connectivity index (χ1n) is 12.8. The first-order valence-corrected chi connectivity index (χ1v) is 14.8. The molecule has 1 N–H and O–H groups in total. The number of Topliss-reactive ketones (excluding diaryl/α,β-unsaturated/α-hetero) is 1. The normalized spacial score (nSPS) is 12.9. The predicted molar refractivity (Wildman–Crippen MR) is 147 cm³/mol. The number of ether oxygens (including phenoxy) is 1. The zero-order valence-electron chi connectivity index (χ0n) is 22.7. The van der Waals surface area contributed by atoms with Gasteiger partial charge < -0.3 is 9.53 Å². The van der Waals surface area contributed by atoms with E-state index in [0.717, 1.165) is 42.5 Å². The Hall–Kier alpha value is -2.24. The number of ketones is 1. The number of carbonyl (C=O) groups excluding carboxylic acids is 2. The third kappa shape index (κ3) is 7.37. The first kappa shape index (κ1) is 29.0. The van der Waals surface area contributed by atoms with Crippen molar-refractivity contribution in [1.82, 2.24) is 0 Å². The van der Waals surface area contributed by atoms with Gasteiger partial charge in [-0.15, -0.1) is 0 Å². The molecule has 0 heterocycles. The van der Waals surface area contributed by atoms with Crippen molar-refractivity contribution in [1.29, 1.82) is 0 Å². The van der Waals surface area contributed by atoms with E-state index in [9.17, 15) is 14.4 Å². The maximum atomic E-state index is 12.7. The number of hydrogen-bond acceptors (Lipinski definition) is 4. The lowest BCUT2D eigenvalue weighted by Crippen LogP contribution is -2.65. The fourth-order valence-electron chi connectivity index (χ4n) is 4.53. The molecule has 0 aliphatic carbocycles. The van der Waals surface area contributed by atoms with Gasteiger partial charge in [0.15, 0.2) is 0 Å². The average molecular weight is 497 g/mol. The molecule has 0 aliphatic heterocycles. The second kappa shape index (κ2) is 11.7. The van der Waals surface area contributed by atoms with Crippen molar-refractivity contribution >= 4 is 30.4 Å². The van der Waals surface area contributed by atoms with Crippen LogP contribution in [0, 0.1) is 5.41 Å². The van der Waals surface area contributed by atoms with Crippen LogP contribution >= 0.6 is 0 Å². The van der Waals surface area contributed by atoms with Gasteiger partial charge in [0.05, 0.1) is 0 Å². The highest BCUT2D eigenvalue weighted by Gasteiger charge is 2.49. The van der Waals surface area contributed by atoms with Crippen LogP contribution < -0.4 is 10.4 Å². The van der Waals surface area contributed by atoms with Gasteiger partial charge in [-0.2, -0.15) is 0 Å². The van der Waals surface area contributed by atoms with E-state index in [1.807, 2.05) is 57.2 Å². The van der Waals surface area contributed by atoms with Gasteiger partial charge in [0.2, 0.25) is 0 Å². The zero-order valence-corrected chi connectivity index (χ0v) is 23.7. The van der Waals surface area contributed by atoms with E-state index in [0.29, 0.717) is 6.42 Å². The molecule has 0 radical (unpaired) electrons. The highest BCUT2D eigenvalue weighted by atomic mass is 28.4. The fraction of sp³-hybridized carbons (Fsp3) is 0.533. The number of unbranched alkanes of at least 4 members (excludes halogenated alkanes) is 3. The van der Waals surface area contributed by atoms with Gasteiger partial charge in [-0.25, -0.2) is 0 Å². The van der Waals surface area contributed by atoms with Crippen molar-refractivity contribution in [3.8, 4) is 0 Å². The molecule has 2 aromatic carbocycles. The molecular formula is C30H44O4Si. The van der Waals surface area contributed by atoms with Crippen LogP contribution in [-0.2, 0) is 14.3 Å². The average Bonchev–Trinajstić information content (AvgIpc) is 2.80. The Kier molecular flexibility index (Phi) is 9.66. The quantitative estimate of drug-likeness (QED) is 0.175. The van der Waals surface area contributed by atoms with E-state index in [-0.39, 0.29) is 10.8 Å². The van der Waals surface area contributed by atoms with Crippen LogP contribution in [0.25, 0.3) is 0 Å². The van der Waals surface area contributed by atoms with Crippen molar-refractivity contribution in [2.24, 2.45) is 5.41 Å². The van der Waals surface area contributed by atoms with Crippen molar-refractivity contribution in [3.63, 3.8) is 0 Å². The molecule has 192 valence electrons. The number of esters is 1. The second-order valence-electron chi connectivity index (χ2n) is 11.8. The molecule has 5 heteroatoms. The smallest absolute Gasteiger partial charge is 0.319 e. The molecule has 0 aliphatic rings. The van der Waals surface area contributed by atoms with E-state index in [2.05, 4.69) is 38.1 Å². The van der Waals surface area contributed by atoms with Gasteiger partial charge in [-0.3, -0.25) is 9.59 Å². The van der Waals surface area contributed by atoms with E-state index < -0.39 is 25.3 Å². The van der Waals surface area contributed by atoms with Crippen LogP contribution in [-0.4, -0.2) is 30.5 Å². The molecule has 0 fully saturated rings. The monoisotopic (exact) mass is 496 g/mol. The molecule has 0 aromatic heterocycles. The number of rotatable bonds is 12. The molecule has 0 saturated carbocycles. The van der Waals surface area contributed by atoms with Crippen LogP contribution in [0.1, 0.15) is 87.0 Å². The standard InChI is InChI=1S/C30H44O4Si/c1-28(2,3)34-27(32)30(6,7)26(31)22-16-8-9-17-23-29(4,5)35(33,24-18-12-10-13-19-24)25-20-14-11-15-21-25/h10-15,18-21,33H,8-9,16-17,22-23H2,1-7H3. The first-order chi connectivity index (χ1) is 16.2. The summed E-state index contributed by atoms with van der Waals surface area (Å²) < 4.78 is 5.43. The van der Waals surface area contributed by atoms with Crippen LogP contribution in [0.15, 0.2) is 60.7 Å². The van der Waals surface area contributed by atoms with Gasteiger partial charge in [0, 0.05) is 6.42 Å². The Morgan fingerprint density at radius 1 is 0.743 bits per heavy atom. The molecule has 0 bridgehead atoms. The molecule has 0 unspecified atom stereocenters. The molecule has 0 amide bonds. The lowest BCUT2D eigenvalue weighted by molar-refractivity contribution is -0.168. The summed E-state index contributed by atoms with van der Waals surface area (Å²) in [5, 5.41) is 1.81. The summed E-state index contributed by atoms with van der Waals surface area (Å²) in [6, 6.07) is 20.2. The predicted octanol–water partition coefficient (Wildman–Crippen LogP) is 5.80. The number of hydrogen-bond donors (Lipinski definition) is 1. The van der Waals surface area contributed by atoms with Crippen molar-refractivity contribution in [3.05, 3.63) is 60.7 Å². The molecular weight excluding hydrogens is 452 g/mol. The summed E-state index contributed by atoms with van der Waals surface area (Å²) in [4.78, 5) is 37.4. The van der Waals surface area contributed by atoms with Gasteiger partial charge in [-0.05, 0) is 62.9 Å². The maximum absolute atomic E-state index is 12.7. The second-order valence-corrected chi connectivity index (χ2v) is 15.7. The summed E-state index contributed by atoms with van der Waals surface area (Å²) in [5.74, 6) is -0.523.